The average molecular weight is 289 g/mol. The first kappa shape index (κ1) is 15.1. The molecule has 0 aliphatic carbocycles. The van der Waals surface area contributed by atoms with E-state index < -0.39 is 0 Å². The Bertz CT molecular complexity index is 534. The molecule has 4 heteroatoms. The normalized spacial score (nSPS) is 11.2. The lowest BCUT2D eigenvalue weighted by atomic mass is 10.1. The van der Waals surface area contributed by atoms with Crippen molar-refractivity contribution < 1.29 is 0 Å². The maximum Gasteiger partial charge on any atom is 0.148 e. The third kappa shape index (κ3) is 4.12. The topological polar surface area (TPSA) is 37.8 Å². The first-order valence-corrected chi connectivity index (χ1v) is 8.13. The fraction of sp³-hybridized carbons (Fsp3) is 0.500. The summed E-state index contributed by atoms with van der Waals surface area (Å²) >= 11 is 1.71. The van der Waals surface area contributed by atoms with Crippen molar-refractivity contribution in [2.45, 2.75) is 33.6 Å². The van der Waals surface area contributed by atoms with Gasteiger partial charge in [0.2, 0.25) is 0 Å². The van der Waals surface area contributed by atoms with Crippen LogP contribution in [0.3, 0.4) is 0 Å². The minimum atomic E-state index is 0.691. The average Bonchev–Trinajstić information content (AvgIpc) is 2.92. The molecule has 0 saturated carbocycles. The summed E-state index contributed by atoms with van der Waals surface area (Å²) < 4.78 is 0. The van der Waals surface area contributed by atoms with Crippen LogP contribution in [0.1, 0.15) is 31.3 Å². The molecule has 0 saturated heterocycles. The number of hydrogen-bond donors (Lipinski definition) is 1. The molecular formula is C16H23N3S. The monoisotopic (exact) mass is 289 g/mol. The standard InChI is InChI=1S/C16H23N3S/c1-4-13-7-5-6-8-14(13)16-19-18-15(20-16)9-10-17-11-12(2)3/h5-8,12,17H,4,9-11H2,1-3H3. The third-order valence-electron chi connectivity index (χ3n) is 3.16. The van der Waals surface area contributed by atoms with Gasteiger partial charge in [-0.05, 0) is 24.4 Å². The molecule has 2 aromatic rings. The van der Waals surface area contributed by atoms with E-state index in [1.54, 1.807) is 11.3 Å². The van der Waals surface area contributed by atoms with Gasteiger partial charge < -0.3 is 5.32 Å². The number of benzene rings is 1. The van der Waals surface area contributed by atoms with Gasteiger partial charge in [-0.25, -0.2) is 0 Å². The quantitative estimate of drug-likeness (QED) is 0.792. The van der Waals surface area contributed by atoms with Gasteiger partial charge in [-0.1, -0.05) is 56.4 Å². The van der Waals surface area contributed by atoms with Crippen LogP contribution in [0.2, 0.25) is 0 Å². The Morgan fingerprint density at radius 2 is 2.00 bits per heavy atom. The van der Waals surface area contributed by atoms with Crippen molar-refractivity contribution >= 4 is 11.3 Å². The van der Waals surface area contributed by atoms with Crippen molar-refractivity contribution in [3.63, 3.8) is 0 Å². The maximum absolute atomic E-state index is 4.35. The molecule has 0 aliphatic rings. The van der Waals surface area contributed by atoms with Crippen LogP contribution in [0, 0.1) is 5.92 Å². The summed E-state index contributed by atoms with van der Waals surface area (Å²) in [6.07, 6.45) is 1.99. The zero-order valence-electron chi connectivity index (χ0n) is 12.5. The smallest absolute Gasteiger partial charge is 0.148 e. The molecule has 20 heavy (non-hydrogen) atoms. The van der Waals surface area contributed by atoms with Gasteiger partial charge >= 0.3 is 0 Å². The van der Waals surface area contributed by atoms with Gasteiger partial charge in [0.05, 0.1) is 0 Å². The summed E-state index contributed by atoms with van der Waals surface area (Å²) in [5.74, 6) is 0.691. The van der Waals surface area contributed by atoms with E-state index in [1.807, 2.05) is 0 Å². The molecule has 2 rings (SSSR count). The highest BCUT2D eigenvalue weighted by atomic mass is 32.1. The Balaban J connectivity index is 1.98. The van der Waals surface area contributed by atoms with Gasteiger partial charge in [-0.3, -0.25) is 0 Å². The predicted octanol–water partition coefficient (Wildman–Crippen LogP) is 3.56. The first-order chi connectivity index (χ1) is 9.70. The molecular weight excluding hydrogens is 266 g/mol. The molecule has 0 bridgehead atoms. The predicted molar refractivity (Wildman–Crippen MR) is 86.1 cm³/mol. The van der Waals surface area contributed by atoms with Crippen molar-refractivity contribution in [1.82, 2.24) is 15.5 Å². The number of nitrogens with one attached hydrogen (secondary N) is 1. The Morgan fingerprint density at radius 3 is 2.75 bits per heavy atom. The first-order valence-electron chi connectivity index (χ1n) is 7.32. The molecule has 0 spiro atoms. The van der Waals surface area contributed by atoms with Gasteiger partial charge in [0.25, 0.3) is 0 Å². The van der Waals surface area contributed by atoms with Crippen LogP contribution in [0.15, 0.2) is 24.3 Å². The number of aromatic nitrogens is 2. The lowest BCUT2D eigenvalue weighted by molar-refractivity contribution is 0.553. The highest BCUT2D eigenvalue weighted by Crippen LogP contribution is 2.27. The van der Waals surface area contributed by atoms with Crippen molar-refractivity contribution in [3.8, 4) is 10.6 Å². The molecule has 1 aromatic heterocycles. The fourth-order valence-electron chi connectivity index (χ4n) is 2.09. The third-order valence-corrected chi connectivity index (χ3v) is 4.18. The van der Waals surface area contributed by atoms with Crippen LogP contribution in [-0.4, -0.2) is 23.3 Å². The molecule has 108 valence electrons. The summed E-state index contributed by atoms with van der Waals surface area (Å²) in [6, 6.07) is 8.46. The zero-order valence-corrected chi connectivity index (χ0v) is 13.3. The molecule has 1 N–H and O–H groups in total. The Hall–Kier alpha value is -1.26. The molecule has 1 heterocycles. The lowest BCUT2D eigenvalue weighted by Gasteiger charge is -2.05. The highest BCUT2D eigenvalue weighted by molar-refractivity contribution is 7.14. The highest BCUT2D eigenvalue weighted by Gasteiger charge is 2.09. The van der Waals surface area contributed by atoms with Crippen molar-refractivity contribution in [3.05, 3.63) is 34.8 Å². The van der Waals surface area contributed by atoms with Gasteiger partial charge in [0, 0.05) is 18.5 Å². The van der Waals surface area contributed by atoms with E-state index in [-0.39, 0.29) is 0 Å². The van der Waals surface area contributed by atoms with Crippen LogP contribution in [0.25, 0.3) is 10.6 Å². The number of rotatable bonds is 7. The molecule has 0 atom stereocenters. The molecule has 0 unspecified atom stereocenters. The summed E-state index contributed by atoms with van der Waals surface area (Å²) in [4.78, 5) is 0. The molecule has 0 amide bonds. The second kappa shape index (κ2) is 7.50. The van der Waals surface area contributed by atoms with Gasteiger partial charge in [-0.2, -0.15) is 0 Å². The second-order valence-electron chi connectivity index (χ2n) is 5.36. The summed E-state index contributed by atoms with van der Waals surface area (Å²) in [5.41, 5.74) is 2.57. The van der Waals surface area contributed by atoms with Crippen LogP contribution in [0.5, 0.6) is 0 Å². The Labute approximate surface area is 125 Å². The van der Waals surface area contributed by atoms with E-state index in [1.165, 1.54) is 11.1 Å². The van der Waals surface area contributed by atoms with E-state index in [0.29, 0.717) is 5.92 Å². The zero-order chi connectivity index (χ0) is 14.4. The van der Waals surface area contributed by atoms with Crippen molar-refractivity contribution in [1.29, 1.82) is 0 Å². The van der Waals surface area contributed by atoms with Gasteiger partial charge in [0.1, 0.15) is 10.0 Å². The van der Waals surface area contributed by atoms with Crippen LogP contribution < -0.4 is 5.32 Å². The molecule has 0 aliphatic heterocycles. The van der Waals surface area contributed by atoms with Crippen molar-refractivity contribution in [2.24, 2.45) is 5.92 Å². The van der Waals surface area contributed by atoms with E-state index >= 15 is 0 Å². The summed E-state index contributed by atoms with van der Waals surface area (Å²) in [7, 11) is 0. The van der Waals surface area contributed by atoms with E-state index in [4.69, 9.17) is 0 Å². The van der Waals surface area contributed by atoms with E-state index in [9.17, 15) is 0 Å². The second-order valence-corrected chi connectivity index (χ2v) is 6.42. The number of nitrogens with zero attached hydrogens (tertiary/aromatic N) is 2. The molecule has 0 radical (unpaired) electrons. The minimum absolute atomic E-state index is 0.691. The fourth-order valence-corrected chi connectivity index (χ4v) is 2.99. The lowest BCUT2D eigenvalue weighted by Crippen LogP contribution is -2.22. The SMILES string of the molecule is CCc1ccccc1-c1nnc(CCNCC(C)C)s1. The molecule has 3 nitrogen and oxygen atoms in total. The van der Waals surface area contributed by atoms with E-state index in [2.05, 4.69) is 60.6 Å². The van der Waals surface area contributed by atoms with Gasteiger partial charge in [-0.15, -0.1) is 10.2 Å². The Morgan fingerprint density at radius 1 is 1.20 bits per heavy atom. The largest absolute Gasteiger partial charge is 0.316 e. The van der Waals surface area contributed by atoms with Crippen LogP contribution >= 0.6 is 11.3 Å². The van der Waals surface area contributed by atoms with Crippen molar-refractivity contribution in [2.75, 3.05) is 13.1 Å². The number of hydrogen-bond acceptors (Lipinski definition) is 4. The summed E-state index contributed by atoms with van der Waals surface area (Å²) in [6.45, 7) is 8.65. The summed E-state index contributed by atoms with van der Waals surface area (Å²) in [5, 5.41) is 14.3. The minimum Gasteiger partial charge on any atom is -0.316 e. The Kier molecular flexibility index (Phi) is 5.68. The molecule has 1 aromatic carbocycles. The van der Waals surface area contributed by atoms with Crippen LogP contribution in [0.4, 0.5) is 0 Å². The van der Waals surface area contributed by atoms with Crippen LogP contribution in [-0.2, 0) is 12.8 Å². The number of aryl methyl sites for hydroxylation is 1. The maximum atomic E-state index is 4.35. The molecule has 0 fully saturated rings. The van der Waals surface area contributed by atoms with E-state index in [0.717, 1.165) is 35.9 Å². The van der Waals surface area contributed by atoms with Gasteiger partial charge in [0.15, 0.2) is 0 Å².